The minimum atomic E-state index is -0.680. The van der Waals surface area contributed by atoms with Gasteiger partial charge in [0.2, 0.25) is 0 Å². The van der Waals surface area contributed by atoms with Crippen LogP contribution in [0.25, 0.3) is 27.6 Å². The predicted molar refractivity (Wildman–Crippen MR) is 122 cm³/mol. The average molecular weight is 423 g/mol. The van der Waals surface area contributed by atoms with E-state index in [0.29, 0.717) is 16.9 Å². The van der Waals surface area contributed by atoms with E-state index >= 15 is 0 Å². The Kier molecular flexibility index (Phi) is 6.02. The Hall–Kier alpha value is -3.41. The zero-order chi connectivity index (χ0) is 22.9. The molecule has 0 aliphatic heterocycles. The summed E-state index contributed by atoms with van der Waals surface area (Å²) in [5, 5.41) is 13.9. The van der Waals surface area contributed by atoms with Gasteiger partial charge < -0.3 is 15.2 Å². The standard InChI is InChI=1S/C25H27FN2O3/c1-14(2)21-22(16-7-9-17(26)10-8-16)19-12-11-18(29)13-20(19)28-23(21)27-15(3)24(30)31-25(4,5)6/h7-13,15,29H,1H2,2-6H3,(H,27,28). The van der Waals surface area contributed by atoms with Gasteiger partial charge in [-0.1, -0.05) is 18.7 Å². The monoisotopic (exact) mass is 422 g/mol. The highest BCUT2D eigenvalue weighted by Crippen LogP contribution is 2.39. The minimum Gasteiger partial charge on any atom is -0.508 e. The Morgan fingerprint density at radius 3 is 2.42 bits per heavy atom. The van der Waals surface area contributed by atoms with E-state index in [4.69, 9.17) is 4.74 Å². The number of ether oxygens (including phenoxy) is 1. The highest BCUT2D eigenvalue weighted by molar-refractivity contribution is 6.03. The number of carbonyl (C=O) groups is 1. The molecule has 6 heteroatoms. The van der Waals surface area contributed by atoms with Crippen LogP contribution in [0.4, 0.5) is 10.2 Å². The van der Waals surface area contributed by atoms with E-state index < -0.39 is 17.6 Å². The van der Waals surface area contributed by atoms with Gasteiger partial charge in [-0.2, -0.15) is 0 Å². The lowest BCUT2D eigenvalue weighted by atomic mass is 9.92. The number of hydrogen-bond donors (Lipinski definition) is 2. The number of carbonyl (C=O) groups excluding carboxylic acids is 1. The number of rotatable bonds is 5. The first-order chi connectivity index (χ1) is 14.5. The number of benzene rings is 2. The first-order valence-electron chi connectivity index (χ1n) is 10.0. The maximum absolute atomic E-state index is 13.6. The van der Waals surface area contributed by atoms with Crippen molar-refractivity contribution >= 4 is 28.3 Å². The lowest BCUT2D eigenvalue weighted by Crippen LogP contribution is -2.35. The number of nitrogens with one attached hydrogen (secondary N) is 1. The molecule has 1 heterocycles. The summed E-state index contributed by atoms with van der Waals surface area (Å²) in [6.07, 6.45) is 0. The number of halogens is 1. The third-order valence-electron chi connectivity index (χ3n) is 4.64. The molecule has 31 heavy (non-hydrogen) atoms. The van der Waals surface area contributed by atoms with Gasteiger partial charge in [-0.3, -0.25) is 0 Å². The van der Waals surface area contributed by atoms with Crippen molar-refractivity contribution in [1.29, 1.82) is 0 Å². The molecule has 3 aromatic rings. The summed E-state index contributed by atoms with van der Waals surface area (Å²) in [5.74, 6) is -0.252. The largest absolute Gasteiger partial charge is 0.508 e. The summed E-state index contributed by atoms with van der Waals surface area (Å²) in [5.41, 5.74) is 2.90. The van der Waals surface area contributed by atoms with Crippen LogP contribution in [0.1, 0.15) is 40.2 Å². The number of phenolic OH excluding ortho intramolecular Hbond substituents is 1. The van der Waals surface area contributed by atoms with Crippen molar-refractivity contribution in [3.8, 4) is 16.9 Å². The van der Waals surface area contributed by atoms with Crippen LogP contribution in [-0.4, -0.2) is 27.7 Å². The number of allylic oxidation sites excluding steroid dienone is 1. The minimum absolute atomic E-state index is 0.0688. The van der Waals surface area contributed by atoms with Gasteiger partial charge in [0.15, 0.2) is 0 Å². The number of aromatic hydroxyl groups is 1. The van der Waals surface area contributed by atoms with Gasteiger partial charge in [0.25, 0.3) is 0 Å². The molecular weight excluding hydrogens is 395 g/mol. The van der Waals surface area contributed by atoms with Gasteiger partial charge in [-0.05, 0) is 70.0 Å². The molecule has 2 aromatic carbocycles. The summed E-state index contributed by atoms with van der Waals surface area (Å²) in [6.45, 7) is 13.1. The first kappa shape index (κ1) is 22.3. The van der Waals surface area contributed by atoms with Gasteiger partial charge in [0.05, 0.1) is 5.52 Å². The number of nitrogens with zero attached hydrogens (tertiary/aromatic N) is 1. The molecule has 5 nitrogen and oxygen atoms in total. The molecule has 0 radical (unpaired) electrons. The van der Waals surface area contributed by atoms with Crippen molar-refractivity contribution in [2.24, 2.45) is 0 Å². The first-order valence-corrected chi connectivity index (χ1v) is 10.0. The molecule has 1 aromatic heterocycles. The summed E-state index contributed by atoms with van der Waals surface area (Å²) in [7, 11) is 0. The number of fused-ring (bicyclic) bond motifs is 1. The van der Waals surface area contributed by atoms with E-state index in [1.165, 1.54) is 12.1 Å². The number of pyridine rings is 1. The quantitative estimate of drug-likeness (QED) is 0.499. The molecule has 0 saturated carbocycles. The second kappa shape index (κ2) is 8.38. The average Bonchev–Trinajstić information content (AvgIpc) is 2.65. The highest BCUT2D eigenvalue weighted by Gasteiger charge is 2.25. The van der Waals surface area contributed by atoms with Crippen LogP contribution in [0.15, 0.2) is 49.0 Å². The van der Waals surface area contributed by atoms with Crippen LogP contribution in [0.2, 0.25) is 0 Å². The van der Waals surface area contributed by atoms with E-state index in [9.17, 15) is 14.3 Å². The number of esters is 1. The zero-order valence-corrected chi connectivity index (χ0v) is 18.4. The Morgan fingerprint density at radius 2 is 1.84 bits per heavy atom. The summed E-state index contributed by atoms with van der Waals surface area (Å²) >= 11 is 0. The molecule has 0 fully saturated rings. The van der Waals surface area contributed by atoms with Gasteiger partial charge in [0.1, 0.15) is 29.0 Å². The summed E-state index contributed by atoms with van der Waals surface area (Å²) < 4.78 is 19.1. The maximum atomic E-state index is 13.6. The van der Waals surface area contributed by atoms with Crippen molar-refractivity contribution in [3.05, 3.63) is 60.4 Å². The zero-order valence-electron chi connectivity index (χ0n) is 18.4. The Morgan fingerprint density at radius 1 is 1.19 bits per heavy atom. The van der Waals surface area contributed by atoms with Crippen LogP contribution in [0.3, 0.4) is 0 Å². The SMILES string of the molecule is C=C(C)c1c(NC(C)C(=O)OC(C)(C)C)nc2cc(O)ccc2c1-c1ccc(F)cc1. The lowest BCUT2D eigenvalue weighted by molar-refractivity contribution is -0.155. The molecule has 1 atom stereocenters. The molecule has 0 spiro atoms. The van der Waals surface area contributed by atoms with Gasteiger partial charge in [0, 0.05) is 22.6 Å². The normalized spacial score (nSPS) is 12.5. The molecule has 0 amide bonds. The molecule has 2 N–H and O–H groups in total. The Labute approximate surface area is 181 Å². The van der Waals surface area contributed by atoms with E-state index in [2.05, 4.69) is 16.9 Å². The van der Waals surface area contributed by atoms with Gasteiger partial charge >= 0.3 is 5.97 Å². The molecule has 0 aliphatic rings. The van der Waals surface area contributed by atoms with Crippen LogP contribution in [0.5, 0.6) is 5.75 Å². The number of hydrogen-bond acceptors (Lipinski definition) is 5. The topological polar surface area (TPSA) is 71.5 Å². The van der Waals surface area contributed by atoms with Crippen molar-refractivity contribution in [1.82, 2.24) is 4.98 Å². The number of aromatic nitrogens is 1. The van der Waals surface area contributed by atoms with Crippen molar-refractivity contribution in [2.45, 2.75) is 46.3 Å². The molecule has 3 rings (SSSR count). The maximum Gasteiger partial charge on any atom is 0.328 e. The second-order valence-corrected chi connectivity index (χ2v) is 8.60. The van der Waals surface area contributed by atoms with E-state index in [-0.39, 0.29) is 11.6 Å². The van der Waals surface area contributed by atoms with E-state index in [1.54, 1.807) is 58.0 Å². The fourth-order valence-electron chi connectivity index (χ4n) is 3.34. The smallest absolute Gasteiger partial charge is 0.328 e. The molecule has 0 aliphatic carbocycles. The fourth-order valence-corrected chi connectivity index (χ4v) is 3.34. The van der Waals surface area contributed by atoms with Crippen LogP contribution in [0, 0.1) is 5.82 Å². The third-order valence-corrected chi connectivity index (χ3v) is 4.64. The highest BCUT2D eigenvalue weighted by atomic mass is 19.1. The van der Waals surface area contributed by atoms with Gasteiger partial charge in [-0.25, -0.2) is 14.2 Å². The van der Waals surface area contributed by atoms with Crippen LogP contribution in [-0.2, 0) is 9.53 Å². The van der Waals surface area contributed by atoms with Crippen LogP contribution < -0.4 is 5.32 Å². The molecule has 0 bridgehead atoms. The summed E-state index contributed by atoms with van der Waals surface area (Å²) in [4.78, 5) is 17.2. The lowest BCUT2D eigenvalue weighted by Gasteiger charge is -2.24. The number of anilines is 1. The number of phenols is 1. The second-order valence-electron chi connectivity index (χ2n) is 8.60. The van der Waals surface area contributed by atoms with E-state index in [1.807, 2.05) is 6.92 Å². The van der Waals surface area contributed by atoms with Gasteiger partial charge in [-0.15, -0.1) is 0 Å². The predicted octanol–water partition coefficient (Wildman–Crippen LogP) is 5.92. The van der Waals surface area contributed by atoms with Crippen molar-refractivity contribution < 1.29 is 19.0 Å². The Bertz CT molecular complexity index is 1150. The van der Waals surface area contributed by atoms with E-state index in [0.717, 1.165) is 22.1 Å². The molecule has 1 unspecified atom stereocenters. The fraction of sp³-hybridized carbons (Fsp3) is 0.280. The third kappa shape index (κ3) is 5.02. The van der Waals surface area contributed by atoms with Crippen molar-refractivity contribution in [2.75, 3.05) is 5.32 Å². The molecule has 0 saturated heterocycles. The Balaban J connectivity index is 2.21. The van der Waals surface area contributed by atoms with Crippen LogP contribution >= 0.6 is 0 Å². The molecule has 162 valence electrons. The van der Waals surface area contributed by atoms with Crippen molar-refractivity contribution in [3.63, 3.8) is 0 Å². The molecular formula is C25H27FN2O3. The summed E-state index contributed by atoms with van der Waals surface area (Å²) in [6, 6.07) is 10.4.